The molecule has 1 aliphatic heterocycles. The molecule has 0 amide bonds. The molecule has 1 aliphatic rings. The second-order valence-corrected chi connectivity index (χ2v) is 4.87. The van der Waals surface area contributed by atoms with Crippen LogP contribution in [0.1, 0.15) is 16.7 Å². The third-order valence-corrected chi connectivity index (χ3v) is 3.42. The summed E-state index contributed by atoms with van der Waals surface area (Å²) in [6.07, 6.45) is 1.51. The minimum atomic E-state index is 0.147. The van der Waals surface area contributed by atoms with E-state index in [2.05, 4.69) is 11.1 Å². The van der Waals surface area contributed by atoms with E-state index in [9.17, 15) is 0 Å². The summed E-state index contributed by atoms with van der Waals surface area (Å²) in [6.45, 7) is 4.68. The topological polar surface area (TPSA) is 55.1 Å². The first-order chi connectivity index (χ1) is 9.67. The second-order valence-electron chi connectivity index (χ2n) is 4.87. The van der Waals surface area contributed by atoms with Crippen molar-refractivity contribution in [2.45, 2.75) is 20.4 Å². The van der Waals surface area contributed by atoms with Crippen LogP contribution in [0, 0.1) is 18.3 Å². The molecule has 4 nitrogen and oxygen atoms in total. The van der Waals surface area contributed by atoms with Crippen LogP contribution in [0.15, 0.2) is 30.5 Å². The van der Waals surface area contributed by atoms with Gasteiger partial charge in [-0.2, -0.15) is 5.26 Å². The Hall–Kier alpha value is -2.32. The zero-order valence-electron chi connectivity index (χ0n) is 11.4. The summed E-state index contributed by atoms with van der Waals surface area (Å²) in [5.74, 6) is 1.26. The number of benzene rings is 1. The lowest BCUT2D eigenvalue weighted by Crippen LogP contribution is -2.23. The predicted molar refractivity (Wildman–Crippen MR) is 76.2 cm³/mol. The first kappa shape index (κ1) is 12.7. The Morgan fingerprint density at radius 2 is 2.25 bits per heavy atom. The standard InChI is InChI=1S/C15H13BN2O2/c1-10-5-11(7-17)8-18-15(10)20-13-3-4-14-12(6-13)9-19-16(14)2/h3-6,8H,9H2,1-2H3. The van der Waals surface area contributed by atoms with E-state index in [0.717, 1.165) is 16.9 Å². The molecule has 2 aromatic rings. The fourth-order valence-electron chi connectivity index (χ4n) is 2.31. The maximum Gasteiger partial charge on any atom is 0.324 e. The van der Waals surface area contributed by atoms with E-state index >= 15 is 0 Å². The van der Waals surface area contributed by atoms with Crippen molar-refractivity contribution in [1.82, 2.24) is 4.98 Å². The quantitative estimate of drug-likeness (QED) is 0.781. The molecule has 0 saturated heterocycles. The van der Waals surface area contributed by atoms with Crippen molar-refractivity contribution < 1.29 is 9.39 Å². The summed E-state index contributed by atoms with van der Waals surface area (Å²) in [5.41, 5.74) is 3.74. The summed E-state index contributed by atoms with van der Waals surface area (Å²) >= 11 is 0. The van der Waals surface area contributed by atoms with E-state index in [4.69, 9.17) is 14.7 Å². The first-order valence-electron chi connectivity index (χ1n) is 6.46. The van der Waals surface area contributed by atoms with Gasteiger partial charge in [0.1, 0.15) is 11.8 Å². The number of fused-ring (bicyclic) bond motifs is 1. The number of nitrogens with zero attached hydrogens (tertiary/aromatic N) is 2. The van der Waals surface area contributed by atoms with Crippen LogP contribution in [0.5, 0.6) is 11.6 Å². The maximum absolute atomic E-state index is 8.83. The van der Waals surface area contributed by atoms with Gasteiger partial charge in [-0.05, 0) is 36.1 Å². The Morgan fingerprint density at radius 3 is 3.00 bits per heavy atom. The number of aromatic nitrogens is 1. The Balaban J connectivity index is 1.87. The van der Waals surface area contributed by atoms with Gasteiger partial charge in [0, 0.05) is 11.8 Å². The highest BCUT2D eigenvalue weighted by molar-refractivity contribution is 6.67. The molecule has 1 aromatic heterocycles. The molecule has 0 fully saturated rings. The SMILES string of the molecule is CB1OCc2cc(Oc3ncc(C#N)cc3C)ccc21. The van der Waals surface area contributed by atoms with E-state index in [1.165, 1.54) is 11.7 Å². The number of nitriles is 1. The lowest BCUT2D eigenvalue weighted by Gasteiger charge is -2.09. The minimum absolute atomic E-state index is 0.147. The minimum Gasteiger partial charge on any atom is -0.439 e. The Labute approximate surface area is 118 Å². The van der Waals surface area contributed by atoms with Crippen LogP contribution in [0.4, 0.5) is 0 Å². The molecule has 0 bridgehead atoms. The van der Waals surface area contributed by atoms with Crippen LogP contribution in [0.2, 0.25) is 6.82 Å². The van der Waals surface area contributed by atoms with Crippen LogP contribution in [-0.4, -0.2) is 11.9 Å². The lowest BCUT2D eigenvalue weighted by molar-refractivity contribution is 0.333. The smallest absolute Gasteiger partial charge is 0.324 e. The van der Waals surface area contributed by atoms with E-state index in [1.54, 1.807) is 6.07 Å². The fraction of sp³-hybridized carbons (Fsp3) is 0.200. The lowest BCUT2D eigenvalue weighted by atomic mass is 9.64. The monoisotopic (exact) mass is 264 g/mol. The number of ether oxygens (including phenoxy) is 1. The molecule has 0 radical (unpaired) electrons. The average molecular weight is 264 g/mol. The third kappa shape index (κ3) is 2.26. The van der Waals surface area contributed by atoms with Crippen LogP contribution in [-0.2, 0) is 11.3 Å². The third-order valence-electron chi connectivity index (χ3n) is 3.42. The number of hydrogen-bond acceptors (Lipinski definition) is 4. The Bertz CT molecular complexity index is 710. The molecule has 3 rings (SSSR count). The summed E-state index contributed by atoms with van der Waals surface area (Å²) < 4.78 is 11.4. The highest BCUT2D eigenvalue weighted by Gasteiger charge is 2.23. The summed E-state index contributed by atoms with van der Waals surface area (Å²) in [7, 11) is 0. The molecular weight excluding hydrogens is 251 g/mol. The van der Waals surface area contributed by atoms with Gasteiger partial charge in [0.25, 0.3) is 0 Å². The zero-order chi connectivity index (χ0) is 14.1. The number of aryl methyl sites for hydroxylation is 1. The van der Waals surface area contributed by atoms with Gasteiger partial charge in [0.2, 0.25) is 5.88 Å². The maximum atomic E-state index is 8.83. The highest BCUT2D eigenvalue weighted by atomic mass is 16.5. The van der Waals surface area contributed by atoms with Gasteiger partial charge in [-0.1, -0.05) is 12.9 Å². The Kier molecular flexibility index (Phi) is 3.17. The molecular formula is C15H13BN2O2. The van der Waals surface area contributed by atoms with Crippen LogP contribution >= 0.6 is 0 Å². The number of rotatable bonds is 2. The van der Waals surface area contributed by atoms with Crippen molar-refractivity contribution in [3.8, 4) is 17.7 Å². The van der Waals surface area contributed by atoms with Gasteiger partial charge in [0.15, 0.2) is 0 Å². The van der Waals surface area contributed by atoms with E-state index < -0.39 is 0 Å². The first-order valence-corrected chi connectivity index (χ1v) is 6.46. The van der Waals surface area contributed by atoms with Crippen molar-refractivity contribution >= 4 is 12.4 Å². The van der Waals surface area contributed by atoms with Gasteiger partial charge in [-0.3, -0.25) is 0 Å². The van der Waals surface area contributed by atoms with Crippen molar-refractivity contribution in [1.29, 1.82) is 5.26 Å². The highest BCUT2D eigenvalue weighted by Crippen LogP contribution is 2.25. The summed E-state index contributed by atoms with van der Waals surface area (Å²) in [6, 6.07) is 9.76. The van der Waals surface area contributed by atoms with Crippen molar-refractivity contribution in [2.24, 2.45) is 0 Å². The predicted octanol–water partition coefficient (Wildman–Crippen LogP) is 2.41. The number of hydrogen-bond donors (Lipinski definition) is 0. The summed E-state index contributed by atoms with van der Waals surface area (Å²) in [5, 5.41) is 8.83. The van der Waals surface area contributed by atoms with Crippen molar-refractivity contribution in [2.75, 3.05) is 0 Å². The molecule has 0 spiro atoms. The van der Waals surface area contributed by atoms with Gasteiger partial charge >= 0.3 is 6.92 Å². The molecule has 0 atom stereocenters. The van der Waals surface area contributed by atoms with E-state index in [-0.39, 0.29) is 6.92 Å². The van der Waals surface area contributed by atoms with Gasteiger partial charge < -0.3 is 9.39 Å². The zero-order valence-corrected chi connectivity index (χ0v) is 11.4. The van der Waals surface area contributed by atoms with Gasteiger partial charge in [-0.25, -0.2) is 4.98 Å². The van der Waals surface area contributed by atoms with Crippen molar-refractivity contribution in [3.05, 3.63) is 47.2 Å². The molecule has 0 aliphatic carbocycles. The fourth-order valence-corrected chi connectivity index (χ4v) is 2.31. The second kappa shape index (κ2) is 4.99. The molecule has 0 unspecified atom stereocenters. The average Bonchev–Trinajstić information content (AvgIpc) is 2.82. The molecule has 1 aromatic carbocycles. The van der Waals surface area contributed by atoms with Crippen LogP contribution < -0.4 is 10.2 Å². The van der Waals surface area contributed by atoms with Gasteiger partial charge in [-0.15, -0.1) is 0 Å². The van der Waals surface area contributed by atoms with Crippen LogP contribution in [0.25, 0.3) is 0 Å². The molecule has 98 valence electrons. The van der Waals surface area contributed by atoms with Crippen LogP contribution in [0.3, 0.4) is 0 Å². The molecule has 0 N–H and O–H groups in total. The van der Waals surface area contributed by atoms with Gasteiger partial charge in [0.05, 0.1) is 12.2 Å². The largest absolute Gasteiger partial charge is 0.439 e. The Morgan fingerprint density at radius 1 is 1.40 bits per heavy atom. The molecule has 0 saturated carbocycles. The molecule has 2 heterocycles. The molecule has 5 heteroatoms. The summed E-state index contributed by atoms with van der Waals surface area (Å²) in [4.78, 5) is 4.18. The normalized spacial score (nSPS) is 12.9. The van der Waals surface area contributed by atoms with E-state index in [0.29, 0.717) is 18.1 Å². The molecule has 20 heavy (non-hydrogen) atoms. The van der Waals surface area contributed by atoms with Crippen molar-refractivity contribution in [3.63, 3.8) is 0 Å². The van der Waals surface area contributed by atoms with E-state index in [1.807, 2.05) is 31.9 Å². The number of pyridine rings is 1.